The number of ketones is 1. The number of Topliss-reactive ketones (excluding diaryl/α,β-unsaturated/α-hetero) is 1. The summed E-state index contributed by atoms with van der Waals surface area (Å²) >= 11 is 0. The molecule has 0 aromatic heterocycles. The SMILES string of the molecule is O=C(O)CCC(CN1CCCCC1)C(=O)c1ccccc1. The molecule has 1 aromatic carbocycles. The molecule has 1 aromatic rings. The molecule has 0 radical (unpaired) electrons. The molecule has 4 nitrogen and oxygen atoms in total. The number of carboxylic acids is 1. The lowest BCUT2D eigenvalue weighted by molar-refractivity contribution is -0.137. The zero-order valence-corrected chi connectivity index (χ0v) is 12.3. The van der Waals surface area contributed by atoms with Crippen LogP contribution in [0, 0.1) is 5.92 Å². The van der Waals surface area contributed by atoms with Crippen LogP contribution in [-0.4, -0.2) is 41.4 Å². The number of benzene rings is 1. The lowest BCUT2D eigenvalue weighted by Crippen LogP contribution is -2.37. The van der Waals surface area contributed by atoms with Crippen LogP contribution in [0.3, 0.4) is 0 Å². The van der Waals surface area contributed by atoms with Crippen LogP contribution in [0.2, 0.25) is 0 Å². The Labute approximate surface area is 125 Å². The van der Waals surface area contributed by atoms with Crippen LogP contribution in [0.15, 0.2) is 30.3 Å². The van der Waals surface area contributed by atoms with E-state index >= 15 is 0 Å². The molecule has 1 N–H and O–H groups in total. The molecule has 0 saturated carbocycles. The zero-order chi connectivity index (χ0) is 15.1. The van der Waals surface area contributed by atoms with E-state index in [4.69, 9.17) is 5.11 Å². The van der Waals surface area contributed by atoms with Crippen LogP contribution in [0.1, 0.15) is 42.5 Å². The third-order valence-electron chi connectivity index (χ3n) is 4.06. The van der Waals surface area contributed by atoms with Crippen molar-refractivity contribution in [3.63, 3.8) is 0 Å². The molecule has 0 bridgehead atoms. The van der Waals surface area contributed by atoms with Crippen LogP contribution >= 0.6 is 0 Å². The minimum Gasteiger partial charge on any atom is -0.481 e. The molecule has 21 heavy (non-hydrogen) atoms. The second-order valence-corrected chi connectivity index (χ2v) is 5.72. The fraction of sp³-hybridized carbons (Fsp3) is 0.529. The van der Waals surface area contributed by atoms with Crippen molar-refractivity contribution in [3.05, 3.63) is 35.9 Å². The van der Waals surface area contributed by atoms with Crippen molar-refractivity contribution in [1.82, 2.24) is 4.90 Å². The summed E-state index contributed by atoms with van der Waals surface area (Å²) < 4.78 is 0. The Balaban J connectivity index is 2.03. The van der Waals surface area contributed by atoms with E-state index < -0.39 is 5.97 Å². The van der Waals surface area contributed by atoms with Crippen LogP contribution in [-0.2, 0) is 4.79 Å². The van der Waals surface area contributed by atoms with Crippen molar-refractivity contribution in [2.24, 2.45) is 5.92 Å². The molecule has 114 valence electrons. The summed E-state index contributed by atoms with van der Waals surface area (Å²) in [4.78, 5) is 25.7. The number of piperidine rings is 1. The summed E-state index contributed by atoms with van der Waals surface area (Å²) in [6, 6.07) is 9.21. The van der Waals surface area contributed by atoms with E-state index in [1.807, 2.05) is 30.3 Å². The number of rotatable bonds is 7. The standard InChI is InChI=1S/C17H23NO3/c19-16(20)10-9-15(13-18-11-5-2-6-12-18)17(21)14-7-3-1-4-8-14/h1,3-4,7-8,15H,2,5-6,9-13H2,(H,19,20). The number of carbonyl (C=O) groups excluding carboxylic acids is 1. The second-order valence-electron chi connectivity index (χ2n) is 5.72. The summed E-state index contributed by atoms with van der Waals surface area (Å²) in [6.45, 7) is 2.72. The van der Waals surface area contributed by atoms with E-state index in [9.17, 15) is 9.59 Å². The van der Waals surface area contributed by atoms with E-state index in [1.165, 1.54) is 19.3 Å². The van der Waals surface area contributed by atoms with Gasteiger partial charge >= 0.3 is 5.97 Å². The highest BCUT2D eigenvalue weighted by atomic mass is 16.4. The van der Waals surface area contributed by atoms with Gasteiger partial charge in [-0.2, -0.15) is 0 Å². The van der Waals surface area contributed by atoms with Gasteiger partial charge in [0.1, 0.15) is 0 Å². The second kappa shape index (κ2) is 7.93. The van der Waals surface area contributed by atoms with E-state index in [0.717, 1.165) is 13.1 Å². The number of carboxylic acid groups (broad SMARTS) is 1. The van der Waals surface area contributed by atoms with Crippen LogP contribution in [0.5, 0.6) is 0 Å². The minimum atomic E-state index is -0.834. The topological polar surface area (TPSA) is 57.6 Å². The normalized spacial score (nSPS) is 17.3. The summed E-state index contributed by atoms with van der Waals surface area (Å²) in [5, 5.41) is 8.90. The zero-order valence-electron chi connectivity index (χ0n) is 12.3. The minimum absolute atomic E-state index is 0.0527. The highest BCUT2D eigenvalue weighted by molar-refractivity contribution is 5.98. The first-order chi connectivity index (χ1) is 10.2. The first-order valence-electron chi connectivity index (χ1n) is 7.70. The molecule has 1 aliphatic heterocycles. The summed E-state index contributed by atoms with van der Waals surface area (Å²) in [7, 11) is 0. The van der Waals surface area contributed by atoms with Crippen molar-refractivity contribution in [2.45, 2.75) is 32.1 Å². The van der Waals surface area contributed by atoms with E-state index in [1.54, 1.807) is 0 Å². The molecular weight excluding hydrogens is 266 g/mol. The maximum absolute atomic E-state index is 12.6. The summed E-state index contributed by atoms with van der Waals surface area (Å²) in [5.74, 6) is -0.983. The van der Waals surface area contributed by atoms with Crippen molar-refractivity contribution in [1.29, 1.82) is 0 Å². The first-order valence-corrected chi connectivity index (χ1v) is 7.70. The number of aliphatic carboxylic acids is 1. The number of likely N-dealkylation sites (tertiary alicyclic amines) is 1. The third kappa shape index (κ3) is 4.97. The number of hydrogen-bond acceptors (Lipinski definition) is 3. The van der Waals surface area contributed by atoms with Gasteiger partial charge < -0.3 is 10.0 Å². The molecular formula is C17H23NO3. The Bertz CT molecular complexity index is 466. The fourth-order valence-corrected chi connectivity index (χ4v) is 2.89. The van der Waals surface area contributed by atoms with Gasteiger partial charge in [-0.25, -0.2) is 0 Å². The van der Waals surface area contributed by atoms with Crippen molar-refractivity contribution in [2.75, 3.05) is 19.6 Å². The van der Waals surface area contributed by atoms with E-state index in [0.29, 0.717) is 18.5 Å². The van der Waals surface area contributed by atoms with Gasteiger partial charge in [-0.15, -0.1) is 0 Å². The van der Waals surface area contributed by atoms with Crippen LogP contribution in [0.4, 0.5) is 0 Å². The molecule has 4 heteroatoms. The van der Waals surface area contributed by atoms with E-state index in [-0.39, 0.29) is 18.1 Å². The largest absolute Gasteiger partial charge is 0.481 e. The molecule has 1 heterocycles. The van der Waals surface area contributed by atoms with Gasteiger partial charge in [-0.05, 0) is 32.4 Å². The maximum atomic E-state index is 12.6. The smallest absolute Gasteiger partial charge is 0.303 e. The molecule has 1 fully saturated rings. The summed E-state index contributed by atoms with van der Waals surface area (Å²) in [6.07, 6.45) is 4.07. The average molecular weight is 289 g/mol. The van der Waals surface area contributed by atoms with Crippen LogP contribution < -0.4 is 0 Å². The van der Waals surface area contributed by atoms with Gasteiger partial charge in [0.05, 0.1) is 0 Å². The Morgan fingerprint density at radius 3 is 2.38 bits per heavy atom. The molecule has 1 unspecified atom stereocenters. The van der Waals surface area contributed by atoms with Gasteiger partial charge in [0.25, 0.3) is 0 Å². The van der Waals surface area contributed by atoms with Gasteiger partial charge in [-0.1, -0.05) is 36.8 Å². The van der Waals surface area contributed by atoms with Gasteiger partial charge in [0.15, 0.2) is 5.78 Å². The Morgan fingerprint density at radius 1 is 1.10 bits per heavy atom. The van der Waals surface area contributed by atoms with Gasteiger partial charge in [0.2, 0.25) is 0 Å². The molecule has 1 atom stereocenters. The number of carbonyl (C=O) groups is 2. The molecule has 1 aliphatic rings. The lowest BCUT2D eigenvalue weighted by atomic mass is 9.92. The molecule has 0 spiro atoms. The third-order valence-corrected chi connectivity index (χ3v) is 4.06. The van der Waals surface area contributed by atoms with Crippen molar-refractivity contribution < 1.29 is 14.7 Å². The van der Waals surface area contributed by atoms with Crippen LogP contribution in [0.25, 0.3) is 0 Å². The lowest BCUT2D eigenvalue weighted by Gasteiger charge is -2.29. The predicted molar refractivity (Wildman–Crippen MR) is 81.4 cm³/mol. The number of hydrogen-bond donors (Lipinski definition) is 1. The first kappa shape index (κ1) is 15.7. The molecule has 0 amide bonds. The molecule has 1 saturated heterocycles. The Kier molecular flexibility index (Phi) is 5.93. The quantitative estimate of drug-likeness (QED) is 0.784. The monoisotopic (exact) mass is 289 g/mol. The predicted octanol–water partition coefficient (Wildman–Crippen LogP) is 2.84. The highest BCUT2D eigenvalue weighted by Gasteiger charge is 2.24. The van der Waals surface area contributed by atoms with Crippen molar-refractivity contribution in [3.8, 4) is 0 Å². The maximum Gasteiger partial charge on any atom is 0.303 e. The summed E-state index contributed by atoms with van der Waals surface area (Å²) in [5.41, 5.74) is 0.685. The molecule has 0 aliphatic carbocycles. The highest BCUT2D eigenvalue weighted by Crippen LogP contribution is 2.19. The van der Waals surface area contributed by atoms with Crippen molar-refractivity contribution >= 4 is 11.8 Å². The Hall–Kier alpha value is -1.68. The van der Waals surface area contributed by atoms with Gasteiger partial charge in [0, 0.05) is 24.4 Å². The number of nitrogens with zero attached hydrogens (tertiary/aromatic N) is 1. The fourth-order valence-electron chi connectivity index (χ4n) is 2.89. The molecule has 2 rings (SSSR count). The van der Waals surface area contributed by atoms with E-state index in [2.05, 4.69) is 4.90 Å². The average Bonchev–Trinajstić information content (AvgIpc) is 2.52. The van der Waals surface area contributed by atoms with Gasteiger partial charge in [-0.3, -0.25) is 9.59 Å². The Morgan fingerprint density at radius 2 is 1.76 bits per heavy atom.